The number of fused-ring (bicyclic) bond motifs is 1. The van der Waals surface area contributed by atoms with E-state index in [0.717, 1.165) is 17.7 Å². The number of hydrogen-bond donors (Lipinski definition) is 0. The van der Waals surface area contributed by atoms with Gasteiger partial charge in [0.25, 0.3) is 5.91 Å². The van der Waals surface area contributed by atoms with Crippen molar-refractivity contribution in [3.63, 3.8) is 0 Å². The van der Waals surface area contributed by atoms with Crippen LogP contribution in [0.3, 0.4) is 0 Å². The summed E-state index contributed by atoms with van der Waals surface area (Å²) in [5.41, 5.74) is 2.57. The molecule has 1 unspecified atom stereocenters. The van der Waals surface area contributed by atoms with Gasteiger partial charge in [0.15, 0.2) is 11.5 Å². The van der Waals surface area contributed by atoms with Crippen molar-refractivity contribution in [2.75, 3.05) is 39.8 Å². The number of likely N-dealkylation sites (N-methyl/N-ethyl adjacent to an activating group) is 1. The van der Waals surface area contributed by atoms with Crippen LogP contribution >= 0.6 is 12.4 Å². The molecule has 0 radical (unpaired) electrons. The van der Waals surface area contributed by atoms with Crippen LogP contribution in [0.5, 0.6) is 11.5 Å². The molecule has 0 fully saturated rings. The van der Waals surface area contributed by atoms with Crippen molar-refractivity contribution in [2.24, 2.45) is 0 Å². The number of rotatable bonds is 4. The molecular weight excluding hydrogens is 354 g/mol. The van der Waals surface area contributed by atoms with Crippen LogP contribution in [0.2, 0.25) is 0 Å². The van der Waals surface area contributed by atoms with Gasteiger partial charge < -0.3 is 19.3 Å². The van der Waals surface area contributed by atoms with E-state index in [2.05, 4.69) is 9.88 Å². The molecule has 0 saturated heterocycles. The van der Waals surface area contributed by atoms with Crippen LogP contribution < -0.4 is 14.4 Å². The third-order valence-electron chi connectivity index (χ3n) is 4.63. The smallest absolute Gasteiger partial charge is 0.258 e. The molecule has 0 N–H and O–H groups in total. The summed E-state index contributed by atoms with van der Waals surface area (Å²) in [5.74, 6) is 1.26. The first-order valence-corrected chi connectivity index (χ1v) is 8.18. The molecule has 2 aromatic rings. The summed E-state index contributed by atoms with van der Waals surface area (Å²) in [5, 5.41) is 0. The Balaban J connectivity index is 0.00000243. The number of carbonyl (C=O) groups excluding carboxylic acids is 1. The zero-order chi connectivity index (χ0) is 18.0. The van der Waals surface area contributed by atoms with Crippen molar-refractivity contribution in [3.05, 3.63) is 47.8 Å². The fourth-order valence-corrected chi connectivity index (χ4v) is 3.14. The molecule has 0 saturated carbocycles. The fourth-order valence-electron chi connectivity index (χ4n) is 3.14. The Hall–Kier alpha value is -2.31. The average molecular weight is 378 g/mol. The lowest BCUT2D eigenvalue weighted by Crippen LogP contribution is -2.48. The van der Waals surface area contributed by atoms with Gasteiger partial charge in [-0.15, -0.1) is 12.4 Å². The Bertz CT molecular complexity index is 768. The van der Waals surface area contributed by atoms with Crippen LogP contribution in [0, 0.1) is 0 Å². The molecule has 1 aliphatic rings. The predicted octanol–water partition coefficient (Wildman–Crippen LogP) is 2.65. The van der Waals surface area contributed by atoms with Gasteiger partial charge in [-0.25, -0.2) is 0 Å². The number of hydrogen-bond acceptors (Lipinski definition) is 5. The van der Waals surface area contributed by atoms with Crippen molar-refractivity contribution in [1.29, 1.82) is 0 Å². The highest BCUT2D eigenvalue weighted by Crippen LogP contribution is 2.39. The number of pyridine rings is 1. The van der Waals surface area contributed by atoms with Crippen LogP contribution in [0.25, 0.3) is 0 Å². The van der Waals surface area contributed by atoms with Gasteiger partial charge in [-0.05, 0) is 44.3 Å². The average Bonchev–Trinajstić information content (AvgIpc) is 2.65. The number of anilines is 1. The third kappa shape index (κ3) is 3.76. The van der Waals surface area contributed by atoms with Crippen molar-refractivity contribution < 1.29 is 14.3 Å². The first-order chi connectivity index (χ1) is 12.0. The van der Waals surface area contributed by atoms with E-state index in [1.807, 2.05) is 31.1 Å². The lowest BCUT2D eigenvalue weighted by molar-refractivity contribution is 0.0975. The molecule has 1 amide bonds. The van der Waals surface area contributed by atoms with Crippen molar-refractivity contribution >= 4 is 24.0 Å². The second-order valence-electron chi connectivity index (χ2n) is 6.31. The number of ether oxygens (including phenoxy) is 2. The van der Waals surface area contributed by atoms with E-state index in [0.29, 0.717) is 23.6 Å². The van der Waals surface area contributed by atoms with Crippen molar-refractivity contribution in [1.82, 2.24) is 9.88 Å². The zero-order valence-electron chi connectivity index (χ0n) is 15.4. The monoisotopic (exact) mass is 377 g/mol. The Kier molecular flexibility index (Phi) is 6.45. The van der Waals surface area contributed by atoms with E-state index in [1.54, 1.807) is 38.7 Å². The van der Waals surface area contributed by atoms with Gasteiger partial charge in [-0.3, -0.25) is 9.78 Å². The van der Waals surface area contributed by atoms with E-state index in [1.165, 1.54) is 0 Å². The Morgan fingerprint density at radius 2 is 1.77 bits per heavy atom. The van der Waals surface area contributed by atoms with Gasteiger partial charge >= 0.3 is 0 Å². The number of carbonyl (C=O) groups is 1. The lowest BCUT2D eigenvalue weighted by Gasteiger charge is -2.38. The molecule has 1 atom stereocenters. The molecule has 6 nitrogen and oxygen atoms in total. The highest BCUT2D eigenvalue weighted by Gasteiger charge is 2.31. The second-order valence-corrected chi connectivity index (χ2v) is 6.31. The summed E-state index contributed by atoms with van der Waals surface area (Å²) in [4.78, 5) is 21.1. The van der Waals surface area contributed by atoms with Crippen LogP contribution in [-0.4, -0.2) is 56.7 Å². The summed E-state index contributed by atoms with van der Waals surface area (Å²) < 4.78 is 10.9. The minimum atomic E-state index is -0.0394. The quantitative estimate of drug-likeness (QED) is 0.819. The van der Waals surface area contributed by atoms with E-state index in [4.69, 9.17) is 9.47 Å². The molecule has 7 heteroatoms. The SMILES string of the molecule is COc1cc2c(cc1OC)N(C(=O)c1ccncc1)CC(N(C)C)C2.Cl. The summed E-state index contributed by atoms with van der Waals surface area (Å²) in [7, 11) is 7.29. The van der Waals surface area contributed by atoms with Crippen LogP contribution in [0.4, 0.5) is 5.69 Å². The molecule has 2 heterocycles. The third-order valence-corrected chi connectivity index (χ3v) is 4.63. The number of methoxy groups -OCH3 is 2. The molecule has 1 aliphatic heterocycles. The maximum atomic E-state index is 13.1. The van der Waals surface area contributed by atoms with E-state index < -0.39 is 0 Å². The van der Waals surface area contributed by atoms with Crippen LogP contribution in [0.1, 0.15) is 15.9 Å². The van der Waals surface area contributed by atoms with Crippen molar-refractivity contribution in [2.45, 2.75) is 12.5 Å². The van der Waals surface area contributed by atoms with Crippen molar-refractivity contribution in [3.8, 4) is 11.5 Å². The molecule has 1 aromatic carbocycles. The first-order valence-electron chi connectivity index (χ1n) is 8.18. The van der Waals surface area contributed by atoms with Gasteiger partial charge in [0.05, 0.1) is 19.9 Å². The van der Waals surface area contributed by atoms with Gasteiger partial charge in [0.1, 0.15) is 0 Å². The topological polar surface area (TPSA) is 54.9 Å². The minimum Gasteiger partial charge on any atom is -0.493 e. The Morgan fingerprint density at radius 3 is 2.35 bits per heavy atom. The number of nitrogens with zero attached hydrogens (tertiary/aromatic N) is 3. The highest BCUT2D eigenvalue weighted by molar-refractivity contribution is 6.07. The first kappa shape index (κ1) is 20.0. The summed E-state index contributed by atoms with van der Waals surface area (Å²) in [6.45, 7) is 0.622. The molecule has 26 heavy (non-hydrogen) atoms. The molecule has 0 aliphatic carbocycles. The minimum absolute atomic E-state index is 0. The lowest BCUT2D eigenvalue weighted by atomic mass is 9.95. The van der Waals surface area contributed by atoms with Crippen LogP contribution in [0.15, 0.2) is 36.7 Å². The number of amides is 1. The van der Waals surface area contributed by atoms with Gasteiger partial charge in [0, 0.05) is 36.6 Å². The molecule has 1 aromatic heterocycles. The molecular formula is C19H24ClN3O3. The standard InChI is InChI=1S/C19H23N3O3.ClH/c1-21(2)15-9-14-10-17(24-3)18(25-4)11-16(14)22(12-15)19(23)13-5-7-20-8-6-13;/h5-8,10-11,15H,9,12H2,1-4H3;1H. The number of benzene rings is 1. The summed E-state index contributed by atoms with van der Waals surface area (Å²) in [6.07, 6.45) is 4.12. The van der Waals surface area contributed by atoms with Gasteiger partial charge in [0.2, 0.25) is 0 Å². The molecule has 3 rings (SSSR count). The van der Waals surface area contributed by atoms with Gasteiger partial charge in [-0.1, -0.05) is 0 Å². The summed E-state index contributed by atoms with van der Waals surface area (Å²) in [6, 6.07) is 7.57. The number of aromatic nitrogens is 1. The maximum Gasteiger partial charge on any atom is 0.258 e. The largest absolute Gasteiger partial charge is 0.493 e. The predicted molar refractivity (Wildman–Crippen MR) is 104 cm³/mol. The summed E-state index contributed by atoms with van der Waals surface area (Å²) >= 11 is 0. The van der Waals surface area contributed by atoms with E-state index >= 15 is 0 Å². The fraction of sp³-hybridized carbons (Fsp3) is 0.368. The second kappa shape index (κ2) is 8.38. The van der Waals surface area contributed by atoms with Crippen LogP contribution in [-0.2, 0) is 6.42 Å². The molecule has 140 valence electrons. The normalized spacial score (nSPS) is 15.9. The van der Waals surface area contributed by atoms with E-state index in [-0.39, 0.29) is 24.4 Å². The van der Waals surface area contributed by atoms with E-state index in [9.17, 15) is 4.79 Å². The zero-order valence-corrected chi connectivity index (χ0v) is 16.2. The molecule has 0 spiro atoms. The number of halogens is 1. The highest BCUT2D eigenvalue weighted by atomic mass is 35.5. The maximum absolute atomic E-state index is 13.1. The van der Waals surface area contributed by atoms with Gasteiger partial charge in [-0.2, -0.15) is 0 Å². The Morgan fingerprint density at radius 1 is 1.15 bits per heavy atom. The Labute approximate surface area is 160 Å². The molecule has 0 bridgehead atoms.